The highest BCUT2D eigenvalue weighted by atomic mass is 32.2. The van der Waals surface area contributed by atoms with Crippen molar-refractivity contribution < 1.29 is 13.2 Å². The fraction of sp³-hybridized carbons (Fsp3) is 0.133. The maximum atomic E-state index is 12.5. The molecule has 6 nitrogen and oxygen atoms in total. The number of fused-ring (bicyclic) bond motifs is 1. The van der Waals surface area contributed by atoms with Gasteiger partial charge >= 0.3 is 0 Å². The Morgan fingerprint density at radius 2 is 2.05 bits per heavy atom. The van der Waals surface area contributed by atoms with Crippen LogP contribution in [0.3, 0.4) is 0 Å². The zero-order valence-corrected chi connectivity index (χ0v) is 12.9. The van der Waals surface area contributed by atoms with Gasteiger partial charge in [-0.25, -0.2) is 8.42 Å². The lowest BCUT2D eigenvalue weighted by Gasteiger charge is -2.11. The van der Waals surface area contributed by atoms with Crippen LogP contribution in [0.2, 0.25) is 0 Å². The molecule has 0 saturated carbocycles. The van der Waals surface area contributed by atoms with E-state index >= 15 is 0 Å². The Kier molecular flexibility index (Phi) is 3.50. The maximum Gasteiger partial charge on any atom is 0.261 e. The molecule has 0 aliphatic heterocycles. The van der Waals surface area contributed by atoms with E-state index in [4.69, 9.17) is 4.74 Å². The highest BCUT2D eigenvalue weighted by Crippen LogP contribution is 2.26. The fourth-order valence-electron chi connectivity index (χ4n) is 2.28. The normalized spacial score (nSPS) is 11.5. The average Bonchev–Trinajstić information content (AvgIpc) is 2.96. The Balaban J connectivity index is 2.00. The smallest absolute Gasteiger partial charge is 0.261 e. The first-order valence-electron chi connectivity index (χ1n) is 6.61. The number of nitrogens with zero attached hydrogens (tertiary/aromatic N) is 1. The summed E-state index contributed by atoms with van der Waals surface area (Å²) in [6.45, 7) is 1.80. The first-order chi connectivity index (χ1) is 10.5. The Bertz CT molecular complexity index is 932. The van der Waals surface area contributed by atoms with E-state index < -0.39 is 10.0 Å². The first-order valence-corrected chi connectivity index (χ1v) is 8.09. The van der Waals surface area contributed by atoms with Crippen LogP contribution in [0.15, 0.2) is 47.5 Å². The zero-order chi connectivity index (χ0) is 15.7. The zero-order valence-electron chi connectivity index (χ0n) is 12.1. The topological polar surface area (TPSA) is 84.1 Å². The van der Waals surface area contributed by atoms with Crippen LogP contribution in [0, 0.1) is 6.92 Å². The molecule has 114 valence electrons. The number of H-pyrrole nitrogens is 1. The minimum absolute atomic E-state index is 0.186. The van der Waals surface area contributed by atoms with Crippen molar-refractivity contribution in [1.82, 2.24) is 10.2 Å². The van der Waals surface area contributed by atoms with E-state index in [0.717, 1.165) is 16.5 Å². The molecule has 2 N–H and O–H groups in total. The van der Waals surface area contributed by atoms with E-state index in [9.17, 15) is 8.42 Å². The summed E-state index contributed by atoms with van der Waals surface area (Å²) < 4.78 is 32.8. The summed E-state index contributed by atoms with van der Waals surface area (Å²) in [4.78, 5) is 0.186. The van der Waals surface area contributed by atoms with Gasteiger partial charge in [0.05, 0.1) is 29.4 Å². The van der Waals surface area contributed by atoms with Crippen LogP contribution in [0.25, 0.3) is 10.9 Å². The summed E-state index contributed by atoms with van der Waals surface area (Å²) in [6, 6.07) is 10.0. The SMILES string of the molecule is COc1ccc(S(=O)(=O)Nc2cccc3[nH]ncc23)cc1C. The van der Waals surface area contributed by atoms with Crippen molar-refractivity contribution in [3.63, 3.8) is 0 Å². The third kappa shape index (κ3) is 2.50. The molecule has 0 saturated heterocycles. The van der Waals surface area contributed by atoms with Gasteiger partial charge < -0.3 is 4.74 Å². The van der Waals surface area contributed by atoms with Crippen LogP contribution in [0.4, 0.5) is 5.69 Å². The van der Waals surface area contributed by atoms with Gasteiger partial charge in [-0.05, 0) is 42.8 Å². The van der Waals surface area contributed by atoms with E-state index in [1.165, 1.54) is 6.07 Å². The van der Waals surface area contributed by atoms with Crippen LogP contribution in [0.1, 0.15) is 5.56 Å². The number of nitrogens with one attached hydrogen (secondary N) is 2. The Morgan fingerprint density at radius 3 is 2.77 bits per heavy atom. The molecular formula is C15H15N3O3S. The molecular weight excluding hydrogens is 302 g/mol. The van der Waals surface area contributed by atoms with Crippen molar-refractivity contribution in [2.24, 2.45) is 0 Å². The molecule has 0 atom stereocenters. The molecule has 1 heterocycles. The summed E-state index contributed by atoms with van der Waals surface area (Å²) >= 11 is 0. The van der Waals surface area contributed by atoms with Crippen molar-refractivity contribution in [3.8, 4) is 5.75 Å². The summed E-state index contributed by atoms with van der Waals surface area (Å²) in [6.07, 6.45) is 1.59. The third-order valence-corrected chi connectivity index (χ3v) is 4.77. The number of ether oxygens (including phenoxy) is 1. The summed E-state index contributed by atoms with van der Waals surface area (Å²) in [5.74, 6) is 0.649. The Morgan fingerprint density at radius 1 is 1.23 bits per heavy atom. The lowest BCUT2D eigenvalue weighted by atomic mass is 10.2. The highest BCUT2D eigenvalue weighted by molar-refractivity contribution is 7.92. The van der Waals surface area contributed by atoms with Crippen LogP contribution in [-0.4, -0.2) is 25.7 Å². The monoisotopic (exact) mass is 317 g/mol. The van der Waals surface area contributed by atoms with Gasteiger partial charge in [-0.15, -0.1) is 0 Å². The summed E-state index contributed by atoms with van der Waals surface area (Å²) in [5.41, 5.74) is 2.01. The number of aryl methyl sites for hydroxylation is 1. The van der Waals surface area contributed by atoms with E-state index in [1.807, 2.05) is 6.07 Å². The molecule has 3 rings (SSSR count). The molecule has 0 unspecified atom stereocenters. The second-order valence-electron chi connectivity index (χ2n) is 4.87. The predicted octanol–water partition coefficient (Wildman–Crippen LogP) is 2.68. The van der Waals surface area contributed by atoms with Gasteiger partial charge in [0.25, 0.3) is 10.0 Å². The molecule has 22 heavy (non-hydrogen) atoms. The minimum atomic E-state index is -3.68. The number of hydrogen-bond acceptors (Lipinski definition) is 4. The number of methoxy groups -OCH3 is 1. The quantitative estimate of drug-likeness (QED) is 0.775. The minimum Gasteiger partial charge on any atom is -0.496 e. The van der Waals surface area contributed by atoms with E-state index in [1.54, 1.807) is 44.5 Å². The lowest BCUT2D eigenvalue weighted by molar-refractivity contribution is 0.411. The van der Waals surface area contributed by atoms with Crippen LogP contribution >= 0.6 is 0 Å². The average molecular weight is 317 g/mol. The van der Waals surface area contributed by atoms with Crippen LogP contribution in [0.5, 0.6) is 5.75 Å². The molecule has 0 spiro atoms. The number of aromatic amines is 1. The molecule has 0 amide bonds. The number of anilines is 1. The van der Waals surface area contributed by atoms with Gasteiger partial charge in [0.15, 0.2) is 0 Å². The molecule has 3 aromatic rings. The molecule has 1 aromatic heterocycles. The fourth-order valence-corrected chi connectivity index (χ4v) is 3.44. The molecule has 0 radical (unpaired) electrons. The second-order valence-corrected chi connectivity index (χ2v) is 6.56. The predicted molar refractivity (Wildman–Crippen MR) is 84.6 cm³/mol. The number of rotatable bonds is 4. The van der Waals surface area contributed by atoms with Gasteiger partial charge in [-0.2, -0.15) is 5.10 Å². The van der Waals surface area contributed by atoms with Crippen molar-refractivity contribution in [2.45, 2.75) is 11.8 Å². The van der Waals surface area contributed by atoms with Gasteiger partial charge in [0.1, 0.15) is 5.75 Å². The van der Waals surface area contributed by atoms with Gasteiger partial charge in [-0.3, -0.25) is 9.82 Å². The summed E-state index contributed by atoms with van der Waals surface area (Å²) in [7, 11) is -2.13. The van der Waals surface area contributed by atoms with Crippen molar-refractivity contribution in [1.29, 1.82) is 0 Å². The highest BCUT2D eigenvalue weighted by Gasteiger charge is 2.17. The van der Waals surface area contributed by atoms with Crippen LogP contribution in [-0.2, 0) is 10.0 Å². The lowest BCUT2D eigenvalue weighted by Crippen LogP contribution is -2.13. The standard InChI is InChI=1S/C15H15N3O3S/c1-10-8-11(6-7-15(10)21-2)22(19,20)18-14-5-3-4-13-12(14)9-16-17-13/h3-9,18H,1-2H3,(H,16,17). The van der Waals surface area contributed by atoms with Crippen LogP contribution < -0.4 is 9.46 Å². The summed E-state index contributed by atoms with van der Waals surface area (Å²) in [5, 5.41) is 7.45. The molecule has 0 fully saturated rings. The van der Waals surface area contributed by atoms with Crippen molar-refractivity contribution in [2.75, 3.05) is 11.8 Å². The van der Waals surface area contributed by atoms with Gasteiger partial charge in [-0.1, -0.05) is 6.07 Å². The molecule has 2 aromatic carbocycles. The Labute approximate surface area is 128 Å². The molecule has 0 bridgehead atoms. The Hall–Kier alpha value is -2.54. The molecule has 0 aliphatic carbocycles. The number of aromatic nitrogens is 2. The second kappa shape index (κ2) is 5.34. The van der Waals surface area contributed by atoms with Gasteiger partial charge in [0, 0.05) is 5.39 Å². The number of hydrogen-bond donors (Lipinski definition) is 2. The maximum absolute atomic E-state index is 12.5. The van der Waals surface area contributed by atoms with E-state index in [-0.39, 0.29) is 4.90 Å². The van der Waals surface area contributed by atoms with E-state index in [0.29, 0.717) is 11.4 Å². The van der Waals surface area contributed by atoms with Gasteiger partial charge in [0.2, 0.25) is 0 Å². The third-order valence-electron chi connectivity index (χ3n) is 3.41. The first kappa shape index (κ1) is 14.4. The number of sulfonamides is 1. The van der Waals surface area contributed by atoms with Crippen molar-refractivity contribution >= 4 is 26.6 Å². The van der Waals surface area contributed by atoms with Crippen molar-refractivity contribution in [3.05, 3.63) is 48.2 Å². The molecule has 0 aliphatic rings. The van der Waals surface area contributed by atoms with E-state index in [2.05, 4.69) is 14.9 Å². The largest absolute Gasteiger partial charge is 0.496 e. The molecule has 7 heteroatoms. The number of benzene rings is 2.